The Balaban J connectivity index is 2.44. The van der Waals surface area contributed by atoms with Crippen molar-refractivity contribution in [3.63, 3.8) is 0 Å². The van der Waals surface area contributed by atoms with E-state index in [9.17, 15) is 4.79 Å². The van der Waals surface area contributed by atoms with Gasteiger partial charge in [0.1, 0.15) is 0 Å². The molecule has 1 aromatic carbocycles. The van der Waals surface area contributed by atoms with Crippen LogP contribution in [-0.4, -0.2) is 17.3 Å². The van der Waals surface area contributed by atoms with E-state index in [0.29, 0.717) is 18.7 Å². The summed E-state index contributed by atoms with van der Waals surface area (Å²) in [5.41, 5.74) is 8.47. The number of nitrogens with zero attached hydrogens (tertiary/aromatic N) is 1. The number of nitrogens with two attached hydrogens (primary N) is 1. The Morgan fingerprint density at radius 3 is 2.69 bits per heavy atom. The molecule has 0 radical (unpaired) electrons. The van der Waals surface area contributed by atoms with Crippen molar-refractivity contribution in [1.82, 2.24) is 0 Å². The van der Waals surface area contributed by atoms with Gasteiger partial charge in [0.25, 0.3) is 0 Å². The minimum Gasteiger partial charge on any atom is -0.397 e. The summed E-state index contributed by atoms with van der Waals surface area (Å²) < 4.78 is 0.938. The molecule has 2 rings (SSSR count). The van der Waals surface area contributed by atoms with Gasteiger partial charge in [-0.15, -0.1) is 0 Å². The molecule has 16 heavy (non-hydrogen) atoms. The molecule has 0 spiro atoms. The van der Waals surface area contributed by atoms with E-state index in [1.807, 2.05) is 19.1 Å². The topological polar surface area (TPSA) is 46.3 Å². The van der Waals surface area contributed by atoms with Crippen LogP contribution in [0.4, 0.5) is 11.4 Å². The maximum absolute atomic E-state index is 11.8. The highest BCUT2D eigenvalue weighted by Gasteiger charge is 2.30. The molecule has 1 aliphatic rings. The number of aryl methyl sites for hydroxylation is 1. The summed E-state index contributed by atoms with van der Waals surface area (Å²) in [5, 5.41) is 0. The molecule has 0 saturated carbocycles. The molecular formula is C11H12Br2N2O. The van der Waals surface area contributed by atoms with Crippen LogP contribution in [0.15, 0.2) is 16.6 Å². The lowest BCUT2D eigenvalue weighted by Crippen LogP contribution is -2.26. The summed E-state index contributed by atoms with van der Waals surface area (Å²) >= 11 is 6.86. The Hall–Kier alpha value is -0.550. The SMILES string of the molecule is Cc1cc(Br)cc(N)c1N1CC(Br)CC1=O. The molecule has 1 fully saturated rings. The lowest BCUT2D eigenvalue weighted by Gasteiger charge is -2.21. The van der Waals surface area contributed by atoms with Crippen LogP contribution in [0.25, 0.3) is 0 Å². The van der Waals surface area contributed by atoms with E-state index in [2.05, 4.69) is 31.9 Å². The fourth-order valence-corrected chi connectivity index (χ4v) is 3.17. The second-order valence-electron chi connectivity index (χ2n) is 3.97. The number of amides is 1. The fourth-order valence-electron chi connectivity index (χ4n) is 2.01. The van der Waals surface area contributed by atoms with Crippen LogP contribution in [0.5, 0.6) is 0 Å². The molecule has 2 N–H and O–H groups in total. The third kappa shape index (κ3) is 2.11. The van der Waals surface area contributed by atoms with Crippen molar-refractivity contribution in [3.05, 3.63) is 22.2 Å². The number of carbonyl (C=O) groups excluding carboxylic acids is 1. The summed E-state index contributed by atoms with van der Waals surface area (Å²) in [5.74, 6) is 0.124. The summed E-state index contributed by atoms with van der Waals surface area (Å²) in [6.07, 6.45) is 0.537. The van der Waals surface area contributed by atoms with E-state index in [0.717, 1.165) is 15.7 Å². The highest BCUT2D eigenvalue weighted by Crippen LogP contribution is 2.34. The number of benzene rings is 1. The zero-order valence-corrected chi connectivity index (χ0v) is 12.0. The summed E-state index contributed by atoms with van der Waals surface area (Å²) in [7, 11) is 0. The van der Waals surface area contributed by atoms with Gasteiger partial charge in [0.05, 0.1) is 11.4 Å². The number of nitrogen functional groups attached to an aromatic ring is 1. The molecule has 0 aliphatic carbocycles. The van der Waals surface area contributed by atoms with Crippen molar-refractivity contribution in [2.75, 3.05) is 17.2 Å². The van der Waals surface area contributed by atoms with Crippen molar-refractivity contribution in [1.29, 1.82) is 0 Å². The highest BCUT2D eigenvalue weighted by molar-refractivity contribution is 9.10. The van der Waals surface area contributed by atoms with Gasteiger partial charge < -0.3 is 10.6 Å². The predicted octanol–water partition coefficient (Wildman–Crippen LogP) is 2.84. The first kappa shape index (κ1) is 11.9. The second-order valence-corrected chi connectivity index (χ2v) is 6.18. The molecule has 1 heterocycles. The lowest BCUT2D eigenvalue weighted by molar-refractivity contribution is -0.117. The van der Waals surface area contributed by atoms with Gasteiger partial charge in [-0.25, -0.2) is 0 Å². The van der Waals surface area contributed by atoms with Crippen molar-refractivity contribution < 1.29 is 4.79 Å². The third-order valence-electron chi connectivity index (χ3n) is 2.64. The van der Waals surface area contributed by atoms with Gasteiger partial charge in [0.2, 0.25) is 5.91 Å². The number of rotatable bonds is 1. The van der Waals surface area contributed by atoms with Crippen LogP contribution in [0.3, 0.4) is 0 Å². The van der Waals surface area contributed by atoms with Crippen molar-refractivity contribution >= 4 is 49.1 Å². The van der Waals surface area contributed by atoms with E-state index in [-0.39, 0.29) is 10.7 Å². The van der Waals surface area contributed by atoms with Gasteiger partial charge in [-0.2, -0.15) is 0 Å². The highest BCUT2D eigenvalue weighted by atomic mass is 79.9. The molecule has 0 aromatic heterocycles. The minimum absolute atomic E-state index is 0.124. The van der Waals surface area contributed by atoms with Crippen molar-refractivity contribution in [2.45, 2.75) is 18.2 Å². The molecule has 1 unspecified atom stereocenters. The lowest BCUT2D eigenvalue weighted by atomic mass is 10.1. The van der Waals surface area contributed by atoms with Gasteiger partial charge in [-0.1, -0.05) is 31.9 Å². The van der Waals surface area contributed by atoms with Crippen molar-refractivity contribution in [3.8, 4) is 0 Å². The fraction of sp³-hybridized carbons (Fsp3) is 0.364. The average molecular weight is 348 g/mol. The first-order valence-corrected chi connectivity index (χ1v) is 6.70. The van der Waals surface area contributed by atoms with E-state index >= 15 is 0 Å². The molecule has 1 atom stereocenters. The molecule has 0 bridgehead atoms. The predicted molar refractivity (Wildman–Crippen MR) is 73.0 cm³/mol. The van der Waals surface area contributed by atoms with Gasteiger partial charge in [-0.05, 0) is 24.6 Å². The molecule has 3 nitrogen and oxygen atoms in total. The Morgan fingerprint density at radius 1 is 1.50 bits per heavy atom. The largest absolute Gasteiger partial charge is 0.397 e. The number of hydrogen-bond donors (Lipinski definition) is 1. The van der Waals surface area contributed by atoms with Gasteiger partial charge in [-0.3, -0.25) is 4.79 Å². The van der Waals surface area contributed by atoms with E-state index < -0.39 is 0 Å². The quantitative estimate of drug-likeness (QED) is 0.627. The molecule has 1 aliphatic heterocycles. The maximum atomic E-state index is 11.8. The van der Waals surface area contributed by atoms with Gasteiger partial charge in [0, 0.05) is 22.3 Å². The number of anilines is 2. The van der Waals surface area contributed by atoms with Crippen molar-refractivity contribution in [2.24, 2.45) is 0 Å². The number of halogens is 2. The number of alkyl halides is 1. The Kier molecular flexibility index (Phi) is 3.26. The number of hydrogen-bond acceptors (Lipinski definition) is 2. The zero-order chi connectivity index (χ0) is 11.9. The van der Waals surface area contributed by atoms with Crippen LogP contribution in [-0.2, 0) is 4.79 Å². The molecule has 1 aromatic rings. The summed E-state index contributed by atoms with van der Waals surface area (Å²) in [6.45, 7) is 2.65. The summed E-state index contributed by atoms with van der Waals surface area (Å²) in [6, 6.07) is 3.80. The molecule has 1 amide bonds. The zero-order valence-electron chi connectivity index (χ0n) is 8.84. The Labute approximate surface area is 111 Å². The first-order valence-electron chi connectivity index (χ1n) is 4.99. The monoisotopic (exact) mass is 346 g/mol. The Morgan fingerprint density at radius 2 is 2.19 bits per heavy atom. The third-order valence-corrected chi connectivity index (χ3v) is 3.71. The first-order chi connectivity index (χ1) is 7.49. The molecular weight excluding hydrogens is 336 g/mol. The normalized spacial score (nSPS) is 20.6. The molecule has 1 saturated heterocycles. The van der Waals surface area contributed by atoms with Gasteiger partial charge >= 0.3 is 0 Å². The van der Waals surface area contributed by atoms with E-state index in [1.165, 1.54) is 0 Å². The van der Waals surface area contributed by atoms with E-state index in [4.69, 9.17) is 5.73 Å². The standard InChI is InChI=1S/C11H12Br2N2O/c1-6-2-7(12)3-9(14)11(6)15-5-8(13)4-10(15)16/h2-3,8H,4-5,14H2,1H3. The maximum Gasteiger partial charge on any atom is 0.228 e. The second kappa shape index (κ2) is 4.37. The minimum atomic E-state index is 0.124. The smallest absolute Gasteiger partial charge is 0.228 e. The summed E-state index contributed by atoms with van der Waals surface area (Å²) in [4.78, 5) is 13.8. The van der Waals surface area contributed by atoms with Crippen LogP contribution in [0, 0.1) is 6.92 Å². The van der Waals surface area contributed by atoms with Crippen LogP contribution in [0.2, 0.25) is 0 Å². The average Bonchev–Trinajstić information content (AvgIpc) is 2.43. The van der Waals surface area contributed by atoms with Crippen LogP contribution >= 0.6 is 31.9 Å². The van der Waals surface area contributed by atoms with Gasteiger partial charge in [0.15, 0.2) is 0 Å². The van der Waals surface area contributed by atoms with Crippen LogP contribution in [0.1, 0.15) is 12.0 Å². The molecule has 86 valence electrons. The number of carbonyl (C=O) groups is 1. The Bertz CT molecular complexity index is 425. The van der Waals surface area contributed by atoms with E-state index in [1.54, 1.807) is 4.90 Å². The van der Waals surface area contributed by atoms with Crippen LogP contribution < -0.4 is 10.6 Å². The molecule has 5 heteroatoms.